The fraction of sp³-hybridized carbons (Fsp3) is 0.412. The maximum absolute atomic E-state index is 13.6. The molecule has 46 heavy (non-hydrogen) atoms. The fourth-order valence-electron chi connectivity index (χ4n) is 5.74. The van der Waals surface area contributed by atoms with Crippen LogP contribution in [0, 0.1) is 11.7 Å². The predicted molar refractivity (Wildman–Crippen MR) is 173 cm³/mol. The molecule has 1 atom stereocenters. The number of allylic oxidation sites excluding steroid dienone is 3. The number of nitrogens with one attached hydrogen (secondary N) is 1. The highest BCUT2D eigenvalue weighted by atomic mass is 32.2. The summed E-state index contributed by atoms with van der Waals surface area (Å²) >= 11 is 0. The number of hydrogen-bond donors (Lipinski definition) is 2. The monoisotopic (exact) mass is 654 g/mol. The van der Waals surface area contributed by atoms with E-state index in [0.29, 0.717) is 60.3 Å². The molecule has 0 saturated heterocycles. The van der Waals surface area contributed by atoms with Gasteiger partial charge in [-0.1, -0.05) is 23.8 Å². The van der Waals surface area contributed by atoms with Gasteiger partial charge in [-0.2, -0.15) is 0 Å². The summed E-state index contributed by atoms with van der Waals surface area (Å²) in [5.74, 6) is -1.66. The highest BCUT2D eigenvalue weighted by Crippen LogP contribution is 2.48. The molecule has 10 nitrogen and oxygen atoms in total. The average Bonchev–Trinajstić information content (AvgIpc) is 3.81. The summed E-state index contributed by atoms with van der Waals surface area (Å²) in [7, 11) is -2.20. The van der Waals surface area contributed by atoms with Gasteiger partial charge in [-0.3, -0.25) is 13.9 Å². The van der Waals surface area contributed by atoms with Gasteiger partial charge in [0, 0.05) is 30.7 Å². The van der Waals surface area contributed by atoms with Crippen LogP contribution in [0.2, 0.25) is 0 Å². The van der Waals surface area contributed by atoms with Crippen molar-refractivity contribution in [2.24, 2.45) is 5.92 Å². The number of carboxylic acids is 1. The standard InChI is InChI=1S/C34H39FN2O8S/c1-36-33(38)31-28-20-27(23-9-10-23)29(21-30(28)45-32(31)24-11-13-25(35)14-12-24)37(46(2,41)42)15-17-44-19-18-43-16-5-7-22-6-3-4-8-26(22)34(39)40/h3-4,6,11-14,20-21,23,26H,5,7-10,15-19H2,1-2H3,(H,36,38)(H,39,40). The summed E-state index contributed by atoms with van der Waals surface area (Å²) in [5.41, 5.74) is 3.36. The molecule has 1 saturated carbocycles. The van der Waals surface area contributed by atoms with Crippen LogP contribution in [0.25, 0.3) is 22.3 Å². The molecule has 5 rings (SSSR count). The quantitative estimate of drug-likeness (QED) is 0.190. The third-order valence-electron chi connectivity index (χ3n) is 8.21. The number of fused-ring (bicyclic) bond motifs is 1. The van der Waals surface area contributed by atoms with Gasteiger partial charge in [0.2, 0.25) is 10.0 Å². The van der Waals surface area contributed by atoms with Crippen molar-refractivity contribution in [1.29, 1.82) is 0 Å². The number of carbonyl (C=O) groups is 2. The van der Waals surface area contributed by atoms with E-state index >= 15 is 0 Å². The number of hydrogen-bond acceptors (Lipinski definition) is 7. The molecule has 1 heterocycles. The molecule has 0 aliphatic heterocycles. The van der Waals surface area contributed by atoms with E-state index in [2.05, 4.69) is 5.32 Å². The van der Waals surface area contributed by atoms with Crippen molar-refractivity contribution in [2.75, 3.05) is 50.6 Å². The Balaban J connectivity index is 1.25. The lowest BCUT2D eigenvalue weighted by atomic mass is 9.89. The highest BCUT2D eigenvalue weighted by Gasteiger charge is 2.33. The number of halogens is 1. The number of benzene rings is 2. The molecule has 2 N–H and O–H groups in total. The van der Waals surface area contributed by atoms with Gasteiger partial charge >= 0.3 is 5.97 Å². The molecule has 1 unspecified atom stereocenters. The summed E-state index contributed by atoms with van der Waals surface area (Å²) in [4.78, 5) is 24.4. The van der Waals surface area contributed by atoms with E-state index in [9.17, 15) is 27.5 Å². The van der Waals surface area contributed by atoms with Crippen LogP contribution in [0.1, 0.15) is 53.9 Å². The van der Waals surface area contributed by atoms with Crippen LogP contribution in [0.15, 0.2) is 64.6 Å². The van der Waals surface area contributed by atoms with E-state index in [0.717, 1.165) is 30.2 Å². The average molecular weight is 655 g/mol. The van der Waals surface area contributed by atoms with Crippen LogP contribution in [0.4, 0.5) is 10.1 Å². The maximum Gasteiger partial charge on any atom is 0.310 e. The summed E-state index contributed by atoms with van der Waals surface area (Å²) in [6.45, 7) is 1.24. The Morgan fingerprint density at radius 1 is 1.09 bits per heavy atom. The summed E-state index contributed by atoms with van der Waals surface area (Å²) < 4.78 is 58.6. The molecule has 0 bridgehead atoms. The topological polar surface area (TPSA) is 135 Å². The van der Waals surface area contributed by atoms with Gasteiger partial charge in [0.05, 0.1) is 49.8 Å². The molecular formula is C34H39FN2O8S. The van der Waals surface area contributed by atoms with E-state index in [1.807, 2.05) is 24.3 Å². The molecule has 2 aromatic carbocycles. The minimum Gasteiger partial charge on any atom is -0.481 e. The summed E-state index contributed by atoms with van der Waals surface area (Å²) in [6, 6.07) is 9.15. The Kier molecular flexibility index (Phi) is 10.6. The first-order chi connectivity index (χ1) is 22.1. The van der Waals surface area contributed by atoms with E-state index in [-0.39, 0.29) is 37.3 Å². The smallest absolute Gasteiger partial charge is 0.310 e. The fourth-order valence-corrected chi connectivity index (χ4v) is 6.67. The molecule has 0 spiro atoms. The van der Waals surface area contributed by atoms with Crippen LogP contribution in [-0.4, -0.2) is 71.7 Å². The second-order valence-electron chi connectivity index (χ2n) is 11.5. The van der Waals surface area contributed by atoms with E-state index < -0.39 is 27.7 Å². The molecule has 1 aromatic heterocycles. The maximum atomic E-state index is 13.6. The second-order valence-corrected chi connectivity index (χ2v) is 13.4. The lowest BCUT2D eigenvalue weighted by Crippen LogP contribution is -2.34. The van der Waals surface area contributed by atoms with Crippen LogP contribution in [0.3, 0.4) is 0 Å². The first kappa shape index (κ1) is 33.4. The summed E-state index contributed by atoms with van der Waals surface area (Å²) in [5, 5.41) is 12.6. The Bertz CT molecular complexity index is 1740. The van der Waals surface area contributed by atoms with Gasteiger partial charge in [0.1, 0.15) is 17.2 Å². The lowest BCUT2D eigenvalue weighted by Gasteiger charge is -2.25. The summed E-state index contributed by atoms with van der Waals surface area (Å²) in [6.07, 6.45) is 10.4. The number of anilines is 1. The van der Waals surface area contributed by atoms with Gasteiger partial charge in [0.25, 0.3) is 5.91 Å². The minimum absolute atomic E-state index is 0.0656. The number of amides is 1. The highest BCUT2D eigenvalue weighted by molar-refractivity contribution is 7.92. The molecule has 246 valence electrons. The van der Waals surface area contributed by atoms with Crippen molar-refractivity contribution in [1.82, 2.24) is 5.32 Å². The predicted octanol–water partition coefficient (Wildman–Crippen LogP) is 5.64. The normalized spacial score (nSPS) is 16.4. The largest absolute Gasteiger partial charge is 0.481 e. The first-order valence-electron chi connectivity index (χ1n) is 15.4. The third-order valence-corrected chi connectivity index (χ3v) is 9.39. The molecule has 3 aromatic rings. The van der Waals surface area contributed by atoms with E-state index in [4.69, 9.17) is 13.9 Å². The molecule has 2 aliphatic carbocycles. The second kappa shape index (κ2) is 14.6. The Morgan fingerprint density at radius 2 is 1.80 bits per heavy atom. The molecule has 2 aliphatic rings. The Hall–Kier alpha value is -4.00. The van der Waals surface area contributed by atoms with Gasteiger partial charge in [-0.05, 0) is 73.9 Å². The third kappa shape index (κ3) is 7.86. The van der Waals surface area contributed by atoms with Gasteiger partial charge in [-0.25, -0.2) is 12.8 Å². The number of carboxylic acid groups (broad SMARTS) is 1. The number of furan rings is 1. The SMILES string of the molecule is CNC(=O)c1c(-c2ccc(F)cc2)oc2cc(N(CCOCCOCCCC3=CC=CCC3C(=O)O)S(C)(=O)=O)c(C3CC3)cc12. The Morgan fingerprint density at radius 3 is 2.46 bits per heavy atom. The first-order valence-corrected chi connectivity index (χ1v) is 17.2. The molecule has 0 radical (unpaired) electrons. The van der Waals surface area contributed by atoms with Crippen molar-refractivity contribution in [3.05, 3.63) is 77.1 Å². The van der Waals surface area contributed by atoms with Crippen molar-refractivity contribution < 1.29 is 41.4 Å². The lowest BCUT2D eigenvalue weighted by molar-refractivity contribution is -0.140. The molecule has 1 fully saturated rings. The molecule has 12 heteroatoms. The van der Waals surface area contributed by atoms with E-state index in [1.54, 1.807) is 6.07 Å². The van der Waals surface area contributed by atoms with Gasteiger partial charge in [0.15, 0.2) is 0 Å². The Labute approximate surface area is 267 Å². The zero-order valence-electron chi connectivity index (χ0n) is 26.0. The number of ether oxygens (including phenoxy) is 2. The molecule has 1 amide bonds. The van der Waals surface area contributed by atoms with Crippen LogP contribution < -0.4 is 9.62 Å². The number of nitrogens with zero attached hydrogens (tertiary/aromatic N) is 1. The number of rotatable bonds is 16. The number of carbonyl (C=O) groups excluding carboxylic acids is 1. The van der Waals surface area contributed by atoms with Crippen molar-refractivity contribution in [2.45, 2.75) is 38.0 Å². The zero-order chi connectivity index (χ0) is 32.8. The molecular weight excluding hydrogens is 615 g/mol. The zero-order valence-corrected chi connectivity index (χ0v) is 26.8. The van der Waals surface area contributed by atoms with Gasteiger partial charge in [-0.15, -0.1) is 0 Å². The number of aliphatic carboxylic acids is 1. The number of sulfonamides is 1. The van der Waals surface area contributed by atoms with Crippen LogP contribution >= 0.6 is 0 Å². The van der Waals surface area contributed by atoms with Crippen LogP contribution in [-0.2, 0) is 24.3 Å². The van der Waals surface area contributed by atoms with Crippen LogP contribution in [0.5, 0.6) is 0 Å². The van der Waals surface area contributed by atoms with Gasteiger partial charge < -0.3 is 24.3 Å². The van der Waals surface area contributed by atoms with Crippen molar-refractivity contribution in [3.8, 4) is 11.3 Å². The van der Waals surface area contributed by atoms with Crippen molar-refractivity contribution >= 4 is 38.6 Å². The minimum atomic E-state index is -3.71. The van der Waals surface area contributed by atoms with Crippen molar-refractivity contribution in [3.63, 3.8) is 0 Å². The van der Waals surface area contributed by atoms with E-state index in [1.165, 1.54) is 35.6 Å².